The first-order chi connectivity index (χ1) is 11.7. The second-order valence-corrected chi connectivity index (χ2v) is 6.32. The molecular weight excluding hydrogens is 324 g/mol. The van der Waals surface area contributed by atoms with Gasteiger partial charge in [-0.25, -0.2) is 4.98 Å². The van der Waals surface area contributed by atoms with E-state index in [0.29, 0.717) is 24.7 Å². The molecule has 1 aromatic heterocycles. The van der Waals surface area contributed by atoms with Gasteiger partial charge in [0.25, 0.3) is 0 Å². The summed E-state index contributed by atoms with van der Waals surface area (Å²) in [4.78, 5) is 18.6. The number of fused-ring (bicyclic) bond motifs is 1. The minimum Gasteiger partial charge on any atom is -0.353 e. The molecule has 1 saturated heterocycles. The monoisotopic (exact) mass is 340 g/mol. The Bertz CT molecular complexity index is 891. The van der Waals surface area contributed by atoms with Gasteiger partial charge in [-0.15, -0.1) is 0 Å². The third-order valence-electron chi connectivity index (χ3n) is 4.19. The van der Waals surface area contributed by atoms with E-state index in [2.05, 4.69) is 22.0 Å². The lowest BCUT2D eigenvalue weighted by Crippen LogP contribution is -2.48. The predicted octanol–water partition coefficient (Wildman–Crippen LogP) is 2.67. The Labute approximate surface area is 144 Å². The first kappa shape index (κ1) is 15.0. The van der Waals surface area contributed by atoms with Gasteiger partial charge in [-0.3, -0.25) is 4.79 Å². The molecule has 0 aliphatic carbocycles. The number of nitrogens with one attached hydrogen (secondary N) is 1. The Balaban J connectivity index is 1.81. The lowest BCUT2D eigenvalue weighted by atomic mass is 10.2. The third kappa shape index (κ3) is 2.83. The highest BCUT2D eigenvalue weighted by molar-refractivity contribution is 6.31. The molecule has 1 N–H and O–H groups in total. The molecule has 4 rings (SSSR count). The molecule has 2 heterocycles. The van der Waals surface area contributed by atoms with Crippen LogP contribution in [0.5, 0.6) is 0 Å². The van der Waals surface area contributed by atoms with E-state index in [1.54, 1.807) is 0 Å². The number of hydrogen-bond acceptors (Lipinski definition) is 3. The van der Waals surface area contributed by atoms with E-state index in [4.69, 9.17) is 16.6 Å². The van der Waals surface area contributed by atoms with Crippen LogP contribution in [0.2, 0.25) is 5.02 Å². The topological polar surface area (TPSA) is 50.2 Å². The number of aromatic nitrogens is 2. The maximum absolute atomic E-state index is 11.8. The maximum atomic E-state index is 11.8. The minimum absolute atomic E-state index is 0.0256. The van der Waals surface area contributed by atoms with Crippen LogP contribution in [0.4, 0.5) is 5.95 Å². The molecule has 0 spiro atoms. The predicted molar refractivity (Wildman–Crippen MR) is 95.5 cm³/mol. The largest absolute Gasteiger partial charge is 0.353 e. The molecule has 1 fully saturated rings. The Morgan fingerprint density at radius 1 is 1.17 bits per heavy atom. The minimum atomic E-state index is 0.0256. The average molecular weight is 341 g/mol. The summed E-state index contributed by atoms with van der Waals surface area (Å²) in [6.07, 6.45) is 0. The molecule has 1 aliphatic rings. The number of carbonyl (C=O) groups excluding carboxylic acids is 1. The second-order valence-electron chi connectivity index (χ2n) is 5.89. The van der Waals surface area contributed by atoms with E-state index < -0.39 is 0 Å². The van der Waals surface area contributed by atoms with Crippen molar-refractivity contribution in [2.24, 2.45) is 0 Å². The standard InChI is InChI=1S/C18H17ClN4O/c19-14-6-7-16-15(10-14)21-18(22-9-8-20-17(24)12-22)23(16)11-13-4-2-1-3-5-13/h1-7,10H,8-9,11-12H2,(H,20,24). The van der Waals surface area contributed by atoms with Gasteiger partial charge in [0.05, 0.1) is 24.1 Å². The molecule has 3 aromatic rings. The van der Waals surface area contributed by atoms with E-state index in [0.717, 1.165) is 23.5 Å². The SMILES string of the molecule is O=C1CN(c2nc3cc(Cl)ccc3n2Cc2ccccc2)CCN1. The van der Waals surface area contributed by atoms with Crippen LogP contribution >= 0.6 is 11.6 Å². The van der Waals surface area contributed by atoms with E-state index in [9.17, 15) is 4.79 Å². The Morgan fingerprint density at radius 2 is 2.00 bits per heavy atom. The Morgan fingerprint density at radius 3 is 2.79 bits per heavy atom. The van der Waals surface area contributed by atoms with Gasteiger partial charge < -0.3 is 14.8 Å². The van der Waals surface area contributed by atoms with Crippen LogP contribution in [0, 0.1) is 0 Å². The molecule has 0 radical (unpaired) electrons. The Kier molecular flexibility index (Phi) is 3.86. The average Bonchev–Trinajstić information content (AvgIpc) is 2.93. The normalized spacial score (nSPS) is 14.9. The number of anilines is 1. The molecule has 1 amide bonds. The van der Waals surface area contributed by atoms with Crippen molar-refractivity contribution in [3.8, 4) is 0 Å². The number of halogens is 1. The molecule has 0 bridgehead atoms. The van der Waals surface area contributed by atoms with Gasteiger partial charge in [0.2, 0.25) is 11.9 Å². The van der Waals surface area contributed by atoms with Crippen molar-refractivity contribution in [1.82, 2.24) is 14.9 Å². The summed E-state index contributed by atoms with van der Waals surface area (Å²) < 4.78 is 2.15. The lowest BCUT2D eigenvalue weighted by molar-refractivity contribution is -0.120. The smallest absolute Gasteiger partial charge is 0.239 e. The molecule has 0 atom stereocenters. The summed E-state index contributed by atoms with van der Waals surface area (Å²) in [5.41, 5.74) is 3.05. The summed E-state index contributed by atoms with van der Waals surface area (Å²) in [6.45, 7) is 2.41. The first-order valence-electron chi connectivity index (χ1n) is 7.92. The first-order valence-corrected chi connectivity index (χ1v) is 8.30. The summed E-state index contributed by atoms with van der Waals surface area (Å²) in [6, 6.07) is 16.0. The van der Waals surface area contributed by atoms with Crippen LogP contribution in [0.25, 0.3) is 11.0 Å². The molecule has 6 heteroatoms. The van der Waals surface area contributed by atoms with Crippen LogP contribution in [-0.2, 0) is 11.3 Å². The van der Waals surface area contributed by atoms with E-state index >= 15 is 0 Å². The van der Waals surface area contributed by atoms with Gasteiger partial charge >= 0.3 is 0 Å². The fourth-order valence-corrected chi connectivity index (χ4v) is 3.23. The van der Waals surface area contributed by atoms with Crippen molar-refractivity contribution < 1.29 is 4.79 Å². The van der Waals surface area contributed by atoms with Gasteiger partial charge in [-0.05, 0) is 23.8 Å². The van der Waals surface area contributed by atoms with E-state index in [1.807, 2.05) is 41.3 Å². The fourth-order valence-electron chi connectivity index (χ4n) is 3.06. The second kappa shape index (κ2) is 6.17. The molecule has 122 valence electrons. The van der Waals surface area contributed by atoms with Gasteiger partial charge in [-0.1, -0.05) is 41.9 Å². The van der Waals surface area contributed by atoms with Gasteiger partial charge in [0.1, 0.15) is 0 Å². The van der Waals surface area contributed by atoms with Gasteiger partial charge in [0.15, 0.2) is 0 Å². The highest BCUT2D eigenvalue weighted by Crippen LogP contribution is 2.26. The van der Waals surface area contributed by atoms with Crippen molar-refractivity contribution in [3.63, 3.8) is 0 Å². The summed E-state index contributed by atoms with van der Waals surface area (Å²) in [5.74, 6) is 0.837. The van der Waals surface area contributed by atoms with Gasteiger partial charge in [0, 0.05) is 18.1 Å². The number of rotatable bonds is 3. The number of benzene rings is 2. The van der Waals surface area contributed by atoms with Crippen molar-refractivity contribution in [2.45, 2.75) is 6.54 Å². The highest BCUT2D eigenvalue weighted by atomic mass is 35.5. The van der Waals surface area contributed by atoms with E-state index in [-0.39, 0.29) is 5.91 Å². The van der Waals surface area contributed by atoms with Crippen molar-refractivity contribution >= 4 is 34.5 Å². The Hall–Kier alpha value is -2.53. The highest BCUT2D eigenvalue weighted by Gasteiger charge is 2.22. The molecule has 1 aliphatic heterocycles. The number of carbonyl (C=O) groups is 1. The summed E-state index contributed by atoms with van der Waals surface area (Å²) in [5, 5.41) is 3.52. The molecule has 24 heavy (non-hydrogen) atoms. The molecule has 0 saturated carbocycles. The van der Waals surface area contributed by atoms with Gasteiger partial charge in [-0.2, -0.15) is 0 Å². The summed E-state index contributed by atoms with van der Waals surface area (Å²) in [7, 11) is 0. The molecule has 2 aromatic carbocycles. The summed E-state index contributed by atoms with van der Waals surface area (Å²) >= 11 is 6.12. The van der Waals surface area contributed by atoms with Crippen LogP contribution in [-0.4, -0.2) is 35.1 Å². The van der Waals surface area contributed by atoms with Crippen molar-refractivity contribution in [2.75, 3.05) is 24.5 Å². The number of amides is 1. The van der Waals surface area contributed by atoms with Crippen molar-refractivity contribution in [1.29, 1.82) is 0 Å². The van der Waals surface area contributed by atoms with Crippen LogP contribution < -0.4 is 10.2 Å². The quantitative estimate of drug-likeness (QED) is 0.797. The lowest BCUT2D eigenvalue weighted by Gasteiger charge is -2.28. The zero-order valence-corrected chi connectivity index (χ0v) is 13.8. The number of hydrogen-bond donors (Lipinski definition) is 1. The van der Waals surface area contributed by atoms with Crippen molar-refractivity contribution in [3.05, 3.63) is 59.1 Å². The fraction of sp³-hybridized carbons (Fsp3) is 0.222. The number of piperazine rings is 1. The number of nitrogens with zero attached hydrogens (tertiary/aromatic N) is 3. The molecule has 0 unspecified atom stereocenters. The zero-order valence-electron chi connectivity index (χ0n) is 13.1. The third-order valence-corrected chi connectivity index (χ3v) is 4.43. The van der Waals surface area contributed by atoms with Crippen LogP contribution in [0.1, 0.15) is 5.56 Å². The maximum Gasteiger partial charge on any atom is 0.239 e. The molecule has 5 nitrogen and oxygen atoms in total. The zero-order chi connectivity index (χ0) is 16.5. The molecular formula is C18H17ClN4O. The van der Waals surface area contributed by atoms with E-state index in [1.165, 1.54) is 5.56 Å². The van der Waals surface area contributed by atoms with Crippen LogP contribution in [0.3, 0.4) is 0 Å². The number of imidazole rings is 1. The van der Waals surface area contributed by atoms with Crippen LogP contribution in [0.15, 0.2) is 48.5 Å².